The van der Waals surface area contributed by atoms with Gasteiger partial charge in [-0.15, -0.1) is 13.2 Å². The predicted molar refractivity (Wildman–Crippen MR) is 154 cm³/mol. The second kappa shape index (κ2) is 13.1. The Bertz CT molecular complexity index is 1690. The number of para-hydroxylation sites is 1. The van der Waals surface area contributed by atoms with Gasteiger partial charge in [0.15, 0.2) is 0 Å². The number of anilines is 1. The highest BCUT2D eigenvalue weighted by Crippen LogP contribution is 2.41. The summed E-state index contributed by atoms with van der Waals surface area (Å²) in [6.45, 7) is 2.28. The number of carbonyl (C=O) groups is 2. The molecule has 46 heavy (non-hydrogen) atoms. The van der Waals surface area contributed by atoms with Crippen LogP contribution in [-0.4, -0.2) is 47.2 Å². The number of hydrazone groups is 1. The minimum atomic E-state index is -5.00. The van der Waals surface area contributed by atoms with Crippen LogP contribution >= 0.6 is 23.5 Å². The minimum Gasteiger partial charge on any atom is -0.465 e. The van der Waals surface area contributed by atoms with E-state index < -0.39 is 63.4 Å². The summed E-state index contributed by atoms with van der Waals surface area (Å²) < 4.78 is 88.3. The van der Waals surface area contributed by atoms with Crippen molar-refractivity contribution in [3.8, 4) is 5.75 Å². The van der Waals surface area contributed by atoms with Crippen LogP contribution in [0.15, 0.2) is 76.7 Å². The Hall–Kier alpha value is -4.51. The molecule has 1 heterocycles. The molecule has 0 radical (unpaired) electrons. The molecule has 1 aliphatic heterocycles. The summed E-state index contributed by atoms with van der Waals surface area (Å²) in [4.78, 5) is 38.2. The Morgan fingerprint density at radius 3 is 2.30 bits per heavy atom. The van der Waals surface area contributed by atoms with E-state index in [1.54, 1.807) is 0 Å². The van der Waals surface area contributed by atoms with Crippen molar-refractivity contribution < 1.29 is 50.3 Å². The lowest BCUT2D eigenvalue weighted by molar-refractivity contribution is -0.387. The SMILES string of the molecule is CCOC(=O)C1(C)CN(C(=O)N(Sc2ccccc2[N+](=O)[O-])c2ccc(OC(F)(F)F)cc2)N=C1c1ccc(C(F)(F)F)c(Cl)c1. The zero-order chi connectivity index (χ0) is 34.0. The van der Waals surface area contributed by atoms with Crippen molar-refractivity contribution in [3.63, 3.8) is 0 Å². The van der Waals surface area contributed by atoms with Crippen LogP contribution in [0, 0.1) is 15.5 Å². The highest BCUT2D eigenvalue weighted by atomic mass is 35.5. The van der Waals surface area contributed by atoms with Crippen molar-refractivity contribution >= 4 is 52.6 Å². The standard InChI is InChI=1S/C28H21ClF6N4O6S/c1-3-44-24(40)26(2)15-37(36-23(26)16-8-13-19(20(29)14-16)27(30,31)32)25(41)38(46-22-7-5-4-6-21(22)39(42)43)17-9-11-18(12-10-17)45-28(33,34)35/h4-14H,3,15H2,1-2H3. The fraction of sp³-hybridized carbons (Fsp3) is 0.250. The monoisotopic (exact) mass is 690 g/mol. The van der Waals surface area contributed by atoms with E-state index >= 15 is 0 Å². The van der Waals surface area contributed by atoms with Crippen LogP contribution < -0.4 is 9.04 Å². The van der Waals surface area contributed by atoms with E-state index in [2.05, 4.69) is 9.84 Å². The number of rotatable bonds is 8. The molecule has 0 aromatic heterocycles. The van der Waals surface area contributed by atoms with Crippen molar-refractivity contribution in [2.45, 2.75) is 31.3 Å². The molecule has 3 aromatic rings. The number of carbonyl (C=O) groups excluding carboxylic acids is 2. The van der Waals surface area contributed by atoms with E-state index in [0.29, 0.717) is 18.0 Å². The maximum Gasteiger partial charge on any atom is 0.573 e. The molecule has 1 unspecified atom stereocenters. The molecule has 0 N–H and O–H groups in total. The Morgan fingerprint density at radius 2 is 1.74 bits per heavy atom. The summed E-state index contributed by atoms with van der Waals surface area (Å²) >= 11 is 6.46. The average molecular weight is 691 g/mol. The van der Waals surface area contributed by atoms with Crippen molar-refractivity contribution in [2.75, 3.05) is 17.5 Å². The van der Waals surface area contributed by atoms with Crippen molar-refractivity contribution in [2.24, 2.45) is 10.5 Å². The van der Waals surface area contributed by atoms with Gasteiger partial charge in [0.2, 0.25) is 0 Å². The Morgan fingerprint density at radius 1 is 1.09 bits per heavy atom. The minimum absolute atomic E-state index is 0.0320. The van der Waals surface area contributed by atoms with E-state index in [0.717, 1.165) is 45.7 Å². The lowest BCUT2D eigenvalue weighted by Gasteiger charge is -2.27. The Labute approximate surface area is 265 Å². The molecule has 1 aliphatic rings. The summed E-state index contributed by atoms with van der Waals surface area (Å²) in [5, 5.41) is 16.0. The number of alkyl halides is 6. The predicted octanol–water partition coefficient (Wildman–Crippen LogP) is 8.09. The zero-order valence-electron chi connectivity index (χ0n) is 23.6. The molecule has 3 aromatic carbocycles. The summed E-state index contributed by atoms with van der Waals surface area (Å²) in [5.41, 5.74) is -3.54. The first-order valence-corrected chi connectivity index (χ1v) is 14.1. The van der Waals surface area contributed by atoms with Crippen LogP contribution in [0.2, 0.25) is 5.02 Å². The lowest BCUT2D eigenvalue weighted by atomic mass is 9.82. The van der Waals surface area contributed by atoms with Gasteiger partial charge in [-0.2, -0.15) is 18.3 Å². The number of esters is 1. The van der Waals surface area contributed by atoms with Gasteiger partial charge < -0.3 is 9.47 Å². The number of amides is 2. The highest BCUT2D eigenvalue weighted by molar-refractivity contribution is 8.01. The molecule has 0 saturated carbocycles. The fourth-order valence-electron chi connectivity index (χ4n) is 4.35. The largest absolute Gasteiger partial charge is 0.573 e. The molecule has 0 spiro atoms. The van der Waals surface area contributed by atoms with Crippen LogP contribution in [0.3, 0.4) is 0 Å². The molecule has 0 fully saturated rings. The van der Waals surface area contributed by atoms with Crippen LogP contribution in [0.5, 0.6) is 5.75 Å². The first-order chi connectivity index (χ1) is 21.4. The van der Waals surface area contributed by atoms with Gasteiger partial charge in [0, 0.05) is 23.6 Å². The highest BCUT2D eigenvalue weighted by Gasteiger charge is 2.50. The van der Waals surface area contributed by atoms with Gasteiger partial charge in [-0.3, -0.25) is 14.9 Å². The second-order valence-corrected chi connectivity index (χ2v) is 11.1. The maximum absolute atomic E-state index is 14.1. The van der Waals surface area contributed by atoms with Gasteiger partial charge in [-0.25, -0.2) is 14.1 Å². The maximum atomic E-state index is 14.1. The van der Waals surface area contributed by atoms with Crippen LogP contribution in [0.1, 0.15) is 25.0 Å². The number of hydrogen-bond donors (Lipinski definition) is 0. The molecule has 0 bridgehead atoms. The van der Waals surface area contributed by atoms with Crippen LogP contribution in [0.25, 0.3) is 0 Å². The molecule has 1 atom stereocenters. The Balaban J connectivity index is 1.80. The molecule has 0 saturated heterocycles. The number of nitro benzene ring substituents is 1. The molecule has 10 nitrogen and oxygen atoms in total. The summed E-state index contributed by atoms with van der Waals surface area (Å²) in [6.07, 6.45) is -9.78. The van der Waals surface area contributed by atoms with Crippen molar-refractivity contribution in [3.05, 3.63) is 93.0 Å². The molecule has 244 valence electrons. The van der Waals surface area contributed by atoms with Gasteiger partial charge in [0.05, 0.1) is 40.1 Å². The van der Waals surface area contributed by atoms with E-state index in [-0.39, 0.29) is 28.5 Å². The third-order valence-corrected chi connectivity index (χ3v) is 7.84. The topological polar surface area (TPSA) is 115 Å². The van der Waals surface area contributed by atoms with Gasteiger partial charge in [-0.1, -0.05) is 29.8 Å². The molecule has 4 rings (SSSR count). The molecular formula is C28H21ClF6N4O6S. The second-order valence-electron chi connectivity index (χ2n) is 9.69. The number of hydrogen-bond acceptors (Lipinski definition) is 8. The Kier molecular flexibility index (Phi) is 9.77. The van der Waals surface area contributed by atoms with Gasteiger partial charge in [0.1, 0.15) is 16.1 Å². The fourth-order valence-corrected chi connectivity index (χ4v) is 5.60. The number of nitro groups is 1. The summed E-state index contributed by atoms with van der Waals surface area (Å²) in [5.74, 6) is -1.48. The number of benzene rings is 3. The smallest absolute Gasteiger partial charge is 0.465 e. The normalized spacial score (nSPS) is 16.5. The summed E-state index contributed by atoms with van der Waals surface area (Å²) in [6, 6.07) is 11.0. The van der Waals surface area contributed by atoms with Gasteiger partial charge in [0.25, 0.3) is 5.69 Å². The zero-order valence-corrected chi connectivity index (χ0v) is 25.1. The molecular weight excluding hydrogens is 670 g/mol. The van der Waals surface area contributed by atoms with E-state index in [9.17, 15) is 46.0 Å². The molecule has 18 heteroatoms. The van der Waals surface area contributed by atoms with Gasteiger partial charge >= 0.3 is 24.5 Å². The van der Waals surface area contributed by atoms with E-state index in [1.165, 1.54) is 38.1 Å². The average Bonchev–Trinajstić information content (AvgIpc) is 3.33. The third-order valence-electron chi connectivity index (χ3n) is 6.43. The van der Waals surface area contributed by atoms with E-state index in [4.69, 9.17) is 16.3 Å². The van der Waals surface area contributed by atoms with Crippen molar-refractivity contribution in [1.29, 1.82) is 0 Å². The molecule has 0 aliphatic carbocycles. The quantitative estimate of drug-likeness (QED) is 0.0772. The lowest BCUT2D eigenvalue weighted by Crippen LogP contribution is -2.43. The number of urea groups is 1. The van der Waals surface area contributed by atoms with Crippen LogP contribution in [0.4, 0.5) is 42.5 Å². The number of halogens is 7. The van der Waals surface area contributed by atoms with Crippen LogP contribution in [-0.2, 0) is 15.7 Å². The summed E-state index contributed by atoms with van der Waals surface area (Å²) in [7, 11) is 0. The first kappa shape index (κ1) is 34.4. The van der Waals surface area contributed by atoms with E-state index in [1.807, 2.05) is 0 Å². The molecule has 2 amide bonds. The number of ether oxygens (including phenoxy) is 2. The first-order valence-electron chi connectivity index (χ1n) is 13.0. The van der Waals surface area contributed by atoms with Gasteiger partial charge in [-0.05, 0) is 56.3 Å². The van der Waals surface area contributed by atoms with Crippen molar-refractivity contribution in [1.82, 2.24) is 5.01 Å². The third kappa shape index (κ3) is 7.47. The number of nitrogens with zero attached hydrogens (tertiary/aromatic N) is 4.